The van der Waals surface area contributed by atoms with Gasteiger partial charge in [0.1, 0.15) is 5.15 Å². The largest absolute Gasteiger partial charge is 0.270 e. The molecule has 0 atom stereocenters. The first kappa shape index (κ1) is 8.94. The Bertz CT molecular complexity index is 264. The molecule has 4 heteroatoms. The van der Waals surface area contributed by atoms with Gasteiger partial charge in [0.05, 0.1) is 4.88 Å². The monoisotopic (exact) mass is 193 g/mol. The normalized spacial score (nSPS) is 12.1. The summed E-state index contributed by atoms with van der Waals surface area (Å²) in [4.78, 5) is 4.30. The summed E-state index contributed by atoms with van der Waals surface area (Å²) in [6, 6.07) is 0. The highest BCUT2D eigenvalue weighted by atomic mass is 35.5. The third-order valence-corrected chi connectivity index (χ3v) is 2.90. The summed E-state index contributed by atoms with van der Waals surface area (Å²) in [6.45, 7) is 5.93. The molecule has 0 aliphatic rings. The molecule has 0 unspecified atom stereocenters. The lowest BCUT2D eigenvalue weighted by molar-refractivity contribution is 0.602. The van der Waals surface area contributed by atoms with Crippen LogP contribution in [0.3, 0.4) is 0 Å². The highest BCUT2D eigenvalue weighted by molar-refractivity contribution is 7.10. The number of thiazole rings is 1. The van der Waals surface area contributed by atoms with Gasteiger partial charge in [0.15, 0.2) is 0 Å². The molecule has 0 spiro atoms. The molecule has 1 rings (SSSR count). The number of aromatic nitrogens is 1. The van der Waals surface area contributed by atoms with Gasteiger partial charge in [-0.1, -0.05) is 43.7 Å². The maximum atomic E-state index is 12.5. The molecule has 0 aromatic carbocycles. The Morgan fingerprint density at radius 1 is 1.45 bits per heavy atom. The van der Waals surface area contributed by atoms with Crippen LogP contribution < -0.4 is 0 Å². The van der Waals surface area contributed by atoms with E-state index >= 15 is 0 Å². The third kappa shape index (κ3) is 1.91. The van der Waals surface area contributed by atoms with Crippen molar-refractivity contribution in [3.8, 4) is 0 Å². The van der Waals surface area contributed by atoms with Crippen molar-refractivity contribution in [2.75, 3.05) is 0 Å². The second-order valence-corrected chi connectivity index (χ2v) is 4.64. The van der Waals surface area contributed by atoms with Crippen LogP contribution in [0.25, 0.3) is 0 Å². The Balaban J connectivity index is 3.13. The molecular formula is C7H9ClFNS. The van der Waals surface area contributed by atoms with Crippen molar-refractivity contribution >= 4 is 22.9 Å². The topological polar surface area (TPSA) is 12.9 Å². The predicted molar refractivity (Wildman–Crippen MR) is 45.8 cm³/mol. The van der Waals surface area contributed by atoms with Gasteiger partial charge in [0.2, 0.25) is 0 Å². The van der Waals surface area contributed by atoms with Crippen LogP contribution in [0.15, 0.2) is 0 Å². The van der Waals surface area contributed by atoms with Crippen LogP contribution in [0.5, 0.6) is 0 Å². The molecular weight excluding hydrogens is 185 g/mol. The predicted octanol–water partition coefficient (Wildman–Crippen LogP) is 3.23. The number of rotatable bonds is 0. The van der Waals surface area contributed by atoms with E-state index in [-0.39, 0.29) is 5.41 Å². The van der Waals surface area contributed by atoms with Gasteiger partial charge < -0.3 is 0 Å². The van der Waals surface area contributed by atoms with E-state index in [0.29, 0.717) is 5.15 Å². The lowest BCUT2D eigenvalue weighted by Gasteiger charge is -2.14. The summed E-state index contributed by atoms with van der Waals surface area (Å²) in [5.41, 5.74) is -0.112. The number of nitrogens with zero attached hydrogens (tertiary/aromatic N) is 1. The lowest BCUT2D eigenvalue weighted by atomic mass is 9.95. The second kappa shape index (κ2) is 2.72. The Morgan fingerprint density at radius 2 is 2.00 bits per heavy atom. The highest BCUT2D eigenvalue weighted by Gasteiger charge is 2.21. The Labute approximate surface area is 74.2 Å². The van der Waals surface area contributed by atoms with E-state index in [4.69, 9.17) is 11.6 Å². The molecule has 0 N–H and O–H groups in total. The van der Waals surface area contributed by atoms with Gasteiger partial charge in [-0.25, -0.2) is 0 Å². The van der Waals surface area contributed by atoms with E-state index in [1.807, 2.05) is 20.8 Å². The molecule has 1 aromatic rings. The second-order valence-electron chi connectivity index (χ2n) is 3.34. The molecule has 1 nitrogen and oxygen atoms in total. The zero-order valence-electron chi connectivity index (χ0n) is 6.61. The molecule has 0 fully saturated rings. The van der Waals surface area contributed by atoms with Crippen LogP contribution in [0, 0.1) is 5.26 Å². The van der Waals surface area contributed by atoms with E-state index < -0.39 is 5.26 Å². The highest BCUT2D eigenvalue weighted by Crippen LogP contribution is 2.33. The molecule has 0 bridgehead atoms. The zero-order valence-corrected chi connectivity index (χ0v) is 8.18. The van der Waals surface area contributed by atoms with Crippen molar-refractivity contribution in [2.45, 2.75) is 26.2 Å². The summed E-state index contributed by atoms with van der Waals surface area (Å²) in [5, 5.41) is -0.167. The first-order chi connectivity index (χ1) is 4.91. The van der Waals surface area contributed by atoms with Gasteiger partial charge in [-0.2, -0.15) is 9.37 Å². The van der Waals surface area contributed by atoms with Crippen LogP contribution in [0.4, 0.5) is 4.39 Å². The standard InChI is InChI=1S/C7H9ClFNS/c1-7(2,3)4-5(8)10-6(9)11-4/h1-3H3. The molecule has 1 heterocycles. The maximum Gasteiger partial charge on any atom is 0.270 e. The number of halogens is 2. The summed E-state index contributed by atoms with van der Waals surface area (Å²) >= 11 is 6.70. The van der Waals surface area contributed by atoms with E-state index in [9.17, 15) is 4.39 Å². The van der Waals surface area contributed by atoms with Crippen LogP contribution in [0.1, 0.15) is 25.6 Å². The summed E-state index contributed by atoms with van der Waals surface area (Å²) < 4.78 is 12.5. The molecule has 0 aliphatic carbocycles. The van der Waals surface area contributed by atoms with Crippen LogP contribution >= 0.6 is 22.9 Å². The minimum Gasteiger partial charge on any atom is -0.197 e. The smallest absolute Gasteiger partial charge is 0.197 e. The molecule has 0 amide bonds. The molecule has 62 valence electrons. The van der Waals surface area contributed by atoms with Crippen LogP contribution in [-0.4, -0.2) is 4.98 Å². The molecule has 0 saturated heterocycles. The van der Waals surface area contributed by atoms with Crippen molar-refractivity contribution in [3.63, 3.8) is 0 Å². The number of hydrogen-bond donors (Lipinski definition) is 0. The molecule has 1 aromatic heterocycles. The van der Waals surface area contributed by atoms with E-state index in [2.05, 4.69) is 4.98 Å². The van der Waals surface area contributed by atoms with E-state index in [1.165, 1.54) is 0 Å². The Kier molecular flexibility index (Phi) is 2.21. The Morgan fingerprint density at radius 3 is 2.18 bits per heavy atom. The lowest BCUT2D eigenvalue weighted by Crippen LogP contribution is -2.08. The third-order valence-electron chi connectivity index (χ3n) is 1.24. The SMILES string of the molecule is CC(C)(C)c1sc(F)nc1Cl. The molecule has 0 saturated carbocycles. The van der Waals surface area contributed by atoms with Crippen molar-refractivity contribution in [1.82, 2.24) is 4.98 Å². The first-order valence-corrected chi connectivity index (χ1v) is 4.43. The molecule has 0 radical (unpaired) electrons. The Hall–Kier alpha value is -0.150. The maximum absolute atomic E-state index is 12.5. The van der Waals surface area contributed by atoms with E-state index in [1.54, 1.807) is 0 Å². The van der Waals surface area contributed by atoms with Crippen LogP contribution in [0.2, 0.25) is 5.15 Å². The van der Waals surface area contributed by atoms with E-state index in [0.717, 1.165) is 16.2 Å². The van der Waals surface area contributed by atoms with Crippen molar-refractivity contribution < 1.29 is 4.39 Å². The fraction of sp³-hybridized carbons (Fsp3) is 0.571. The van der Waals surface area contributed by atoms with Crippen molar-refractivity contribution in [2.24, 2.45) is 0 Å². The van der Waals surface area contributed by atoms with Crippen LogP contribution in [-0.2, 0) is 5.41 Å². The average molecular weight is 194 g/mol. The fourth-order valence-electron chi connectivity index (χ4n) is 0.740. The van der Waals surface area contributed by atoms with Gasteiger partial charge in [-0.15, -0.1) is 0 Å². The minimum atomic E-state index is -0.458. The number of hydrogen-bond acceptors (Lipinski definition) is 2. The molecule has 11 heavy (non-hydrogen) atoms. The first-order valence-electron chi connectivity index (χ1n) is 3.23. The molecule has 0 aliphatic heterocycles. The zero-order chi connectivity index (χ0) is 8.65. The van der Waals surface area contributed by atoms with Crippen molar-refractivity contribution in [3.05, 3.63) is 15.3 Å². The van der Waals surface area contributed by atoms with Gasteiger partial charge in [0.25, 0.3) is 5.26 Å². The summed E-state index contributed by atoms with van der Waals surface area (Å²) in [6.07, 6.45) is 0. The average Bonchev–Trinajstić information content (AvgIpc) is 2.08. The van der Waals surface area contributed by atoms with Gasteiger partial charge in [-0.3, -0.25) is 0 Å². The van der Waals surface area contributed by atoms with Gasteiger partial charge in [-0.05, 0) is 5.41 Å². The van der Waals surface area contributed by atoms with Gasteiger partial charge in [0, 0.05) is 0 Å². The quantitative estimate of drug-likeness (QED) is 0.617. The summed E-state index contributed by atoms with van der Waals surface area (Å²) in [7, 11) is 0. The van der Waals surface area contributed by atoms with Crippen molar-refractivity contribution in [1.29, 1.82) is 0 Å². The minimum absolute atomic E-state index is 0.112. The van der Waals surface area contributed by atoms with Gasteiger partial charge >= 0.3 is 0 Å². The summed E-state index contributed by atoms with van der Waals surface area (Å²) in [5.74, 6) is 0. The fourth-order valence-corrected chi connectivity index (χ4v) is 2.00.